The van der Waals surface area contributed by atoms with Gasteiger partial charge in [-0.05, 0) is 31.2 Å². The van der Waals surface area contributed by atoms with Crippen LogP contribution in [0.5, 0.6) is 0 Å². The molecule has 1 rings (SSSR count). The monoisotopic (exact) mass is 194 g/mol. The topological polar surface area (TPSA) is 35.8 Å². The molecule has 1 aliphatic carbocycles. The van der Waals surface area contributed by atoms with Gasteiger partial charge < -0.3 is 5.32 Å². The Labute approximate surface area is 87.7 Å². The molecule has 1 fully saturated rings. The summed E-state index contributed by atoms with van der Waals surface area (Å²) in [6.45, 7) is 4.29. The second kappa shape index (κ2) is 6.84. The first-order valence-corrected chi connectivity index (χ1v) is 5.94. The van der Waals surface area contributed by atoms with Gasteiger partial charge >= 0.3 is 0 Å². The van der Waals surface area contributed by atoms with E-state index in [0.29, 0.717) is 6.42 Å². The molecule has 0 saturated heterocycles. The lowest BCUT2D eigenvalue weighted by Gasteiger charge is -2.27. The maximum absolute atomic E-state index is 8.38. The smallest absolute Gasteiger partial charge is 0.0635 e. The van der Waals surface area contributed by atoms with Crippen molar-refractivity contribution in [3.05, 3.63) is 0 Å². The van der Waals surface area contributed by atoms with Crippen LogP contribution in [0.1, 0.15) is 45.4 Å². The molecule has 2 nitrogen and oxygen atoms in total. The summed E-state index contributed by atoms with van der Waals surface area (Å²) in [5.74, 6) is 1.86. The number of nitriles is 1. The summed E-state index contributed by atoms with van der Waals surface area (Å²) in [4.78, 5) is 0. The van der Waals surface area contributed by atoms with E-state index in [2.05, 4.69) is 18.3 Å². The highest BCUT2D eigenvalue weighted by Gasteiger charge is 2.19. The summed E-state index contributed by atoms with van der Waals surface area (Å²) in [7, 11) is 0. The van der Waals surface area contributed by atoms with Crippen molar-refractivity contribution in [1.29, 1.82) is 5.26 Å². The molecule has 0 atom stereocenters. The highest BCUT2D eigenvalue weighted by Crippen LogP contribution is 2.29. The average Bonchev–Trinajstić information content (AvgIpc) is 2.25. The normalized spacial score (nSPS) is 27.1. The molecule has 0 radical (unpaired) electrons. The van der Waals surface area contributed by atoms with Crippen molar-refractivity contribution in [3.63, 3.8) is 0 Å². The highest BCUT2D eigenvalue weighted by molar-refractivity contribution is 4.75. The van der Waals surface area contributed by atoms with E-state index in [1.54, 1.807) is 0 Å². The van der Waals surface area contributed by atoms with Gasteiger partial charge in [-0.3, -0.25) is 0 Å². The van der Waals surface area contributed by atoms with Gasteiger partial charge in [0, 0.05) is 13.0 Å². The van der Waals surface area contributed by atoms with Gasteiger partial charge in [0.15, 0.2) is 0 Å². The van der Waals surface area contributed by atoms with E-state index >= 15 is 0 Å². The number of rotatable bonds is 5. The summed E-state index contributed by atoms with van der Waals surface area (Å²) in [6, 6.07) is 2.16. The molecule has 0 aromatic rings. The van der Waals surface area contributed by atoms with E-state index in [-0.39, 0.29) is 0 Å². The quantitative estimate of drug-likeness (QED) is 0.683. The van der Waals surface area contributed by atoms with Crippen LogP contribution in [0.3, 0.4) is 0 Å². The summed E-state index contributed by atoms with van der Waals surface area (Å²) in [5.41, 5.74) is 0. The first-order valence-electron chi connectivity index (χ1n) is 5.94. The van der Waals surface area contributed by atoms with E-state index in [4.69, 9.17) is 5.26 Å². The van der Waals surface area contributed by atoms with Gasteiger partial charge in [-0.15, -0.1) is 0 Å². The molecule has 1 N–H and O–H groups in total. The number of hydrogen-bond donors (Lipinski definition) is 1. The SMILES string of the molecule is CCC1CCC(CNCCC#N)CC1. The molecule has 14 heavy (non-hydrogen) atoms. The predicted octanol–water partition coefficient (Wildman–Crippen LogP) is 2.71. The molecule has 0 aliphatic heterocycles. The third kappa shape index (κ3) is 4.11. The maximum atomic E-state index is 8.38. The Balaban J connectivity index is 2.02. The van der Waals surface area contributed by atoms with Gasteiger partial charge in [-0.2, -0.15) is 5.26 Å². The Morgan fingerprint density at radius 3 is 2.43 bits per heavy atom. The molecule has 0 unspecified atom stereocenters. The Morgan fingerprint density at radius 2 is 1.86 bits per heavy atom. The number of hydrogen-bond acceptors (Lipinski definition) is 2. The van der Waals surface area contributed by atoms with Crippen molar-refractivity contribution in [2.45, 2.75) is 45.4 Å². The fourth-order valence-electron chi connectivity index (χ4n) is 2.29. The second-order valence-electron chi connectivity index (χ2n) is 4.41. The van der Waals surface area contributed by atoms with E-state index in [9.17, 15) is 0 Å². The summed E-state index contributed by atoms with van der Waals surface area (Å²) < 4.78 is 0. The first kappa shape index (κ1) is 11.5. The van der Waals surface area contributed by atoms with Crippen LogP contribution < -0.4 is 5.32 Å². The standard InChI is InChI=1S/C12H22N2/c1-2-11-4-6-12(7-5-11)10-14-9-3-8-13/h11-12,14H,2-7,9-10H2,1H3. The molecular formula is C12H22N2. The summed E-state index contributed by atoms with van der Waals surface area (Å²) >= 11 is 0. The lowest BCUT2D eigenvalue weighted by Crippen LogP contribution is -2.27. The maximum Gasteiger partial charge on any atom is 0.0635 e. The van der Waals surface area contributed by atoms with Gasteiger partial charge in [0.05, 0.1) is 6.07 Å². The van der Waals surface area contributed by atoms with Crippen LogP contribution >= 0.6 is 0 Å². The van der Waals surface area contributed by atoms with Crippen LogP contribution in [0.4, 0.5) is 0 Å². The lowest BCUT2D eigenvalue weighted by atomic mass is 9.81. The van der Waals surface area contributed by atoms with Crippen LogP contribution in [0, 0.1) is 23.2 Å². The number of nitrogens with one attached hydrogen (secondary N) is 1. The van der Waals surface area contributed by atoms with Crippen molar-refractivity contribution in [3.8, 4) is 6.07 Å². The van der Waals surface area contributed by atoms with Crippen LogP contribution in [0.25, 0.3) is 0 Å². The van der Waals surface area contributed by atoms with Crippen LogP contribution in [-0.4, -0.2) is 13.1 Å². The molecule has 0 spiro atoms. The minimum absolute atomic E-state index is 0.643. The van der Waals surface area contributed by atoms with Gasteiger partial charge in [-0.1, -0.05) is 26.2 Å². The molecule has 1 aliphatic rings. The molecule has 0 amide bonds. The molecule has 0 heterocycles. The van der Waals surface area contributed by atoms with Crippen molar-refractivity contribution in [1.82, 2.24) is 5.32 Å². The molecule has 0 aromatic heterocycles. The Bertz CT molecular complexity index is 175. The molecular weight excluding hydrogens is 172 g/mol. The zero-order valence-corrected chi connectivity index (χ0v) is 9.26. The fraction of sp³-hybridized carbons (Fsp3) is 0.917. The van der Waals surface area contributed by atoms with Crippen LogP contribution in [-0.2, 0) is 0 Å². The third-order valence-corrected chi connectivity index (χ3v) is 3.39. The summed E-state index contributed by atoms with van der Waals surface area (Å²) in [5, 5.41) is 11.7. The van der Waals surface area contributed by atoms with Gasteiger partial charge in [0.1, 0.15) is 0 Å². The van der Waals surface area contributed by atoms with Crippen LogP contribution in [0.2, 0.25) is 0 Å². The Hall–Kier alpha value is -0.550. The molecule has 0 aromatic carbocycles. The van der Waals surface area contributed by atoms with Gasteiger partial charge in [-0.25, -0.2) is 0 Å². The van der Waals surface area contributed by atoms with Crippen LogP contribution in [0.15, 0.2) is 0 Å². The largest absolute Gasteiger partial charge is 0.315 e. The van der Waals surface area contributed by atoms with Crippen molar-refractivity contribution >= 4 is 0 Å². The van der Waals surface area contributed by atoms with E-state index in [1.807, 2.05) is 0 Å². The zero-order valence-electron chi connectivity index (χ0n) is 9.26. The van der Waals surface area contributed by atoms with Crippen molar-refractivity contribution < 1.29 is 0 Å². The van der Waals surface area contributed by atoms with Gasteiger partial charge in [0.2, 0.25) is 0 Å². The lowest BCUT2D eigenvalue weighted by molar-refractivity contribution is 0.263. The predicted molar refractivity (Wildman–Crippen MR) is 58.8 cm³/mol. The minimum Gasteiger partial charge on any atom is -0.315 e. The Kier molecular flexibility index (Phi) is 5.63. The minimum atomic E-state index is 0.643. The van der Waals surface area contributed by atoms with Crippen molar-refractivity contribution in [2.75, 3.05) is 13.1 Å². The second-order valence-corrected chi connectivity index (χ2v) is 4.41. The highest BCUT2D eigenvalue weighted by atomic mass is 14.9. The number of nitrogens with zero attached hydrogens (tertiary/aromatic N) is 1. The third-order valence-electron chi connectivity index (χ3n) is 3.39. The van der Waals surface area contributed by atoms with Gasteiger partial charge in [0.25, 0.3) is 0 Å². The summed E-state index contributed by atoms with van der Waals surface area (Å²) in [6.07, 6.45) is 7.61. The molecule has 2 heteroatoms. The average molecular weight is 194 g/mol. The van der Waals surface area contributed by atoms with E-state index in [0.717, 1.165) is 24.9 Å². The Morgan fingerprint density at radius 1 is 1.21 bits per heavy atom. The fourth-order valence-corrected chi connectivity index (χ4v) is 2.29. The molecule has 0 bridgehead atoms. The molecule has 1 saturated carbocycles. The van der Waals surface area contributed by atoms with E-state index < -0.39 is 0 Å². The van der Waals surface area contributed by atoms with Crippen molar-refractivity contribution in [2.24, 2.45) is 11.8 Å². The zero-order chi connectivity index (χ0) is 10.2. The first-order chi connectivity index (χ1) is 6.86. The molecule has 80 valence electrons. The van der Waals surface area contributed by atoms with E-state index in [1.165, 1.54) is 32.1 Å².